The van der Waals surface area contributed by atoms with Crippen molar-refractivity contribution in [2.75, 3.05) is 11.9 Å². The van der Waals surface area contributed by atoms with E-state index in [1.54, 1.807) is 38.2 Å². The molecule has 0 aliphatic rings. The lowest BCUT2D eigenvalue weighted by atomic mass is 10.1. The molecule has 1 unspecified atom stereocenters. The van der Waals surface area contributed by atoms with Crippen molar-refractivity contribution in [1.29, 1.82) is 0 Å². The average Bonchev–Trinajstić information content (AvgIpc) is 2.77. The van der Waals surface area contributed by atoms with Crippen molar-refractivity contribution in [3.8, 4) is 5.75 Å². The maximum Gasteiger partial charge on any atom is 0.267 e. The van der Waals surface area contributed by atoms with Gasteiger partial charge in [-0.15, -0.1) is 0 Å². The molecule has 0 bridgehead atoms. The first kappa shape index (κ1) is 21.1. The summed E-state index contributed by atoms with van der Waals surface area (Å²) < 4.78 is 5.81. The van der Waals surface area contributed by atoms with Gasteiger partial charge >= 0.3 is 0 Å². The molecule has 1 atom stereocenters. The summed E-state index contributed by atoms with van der Waals surface area (Å²) >= 11 is 0. The van der Waals surface area contributed by atoms with Crippen molar-refractivity contribution >= 4 is 17.5 Å². The van der Waals surface area contributed by atoms with Crippen LogP contribution in [0.2, 0.25) is 0 Å². The molecule has 0 radical (unpaired) electrons. The zero-order valence-electron chi connectivity index (χ0n) is 17.5. The lowest BCUT2D eigenvalue weighted by Gasteiger charge is -2.24. The Morgan fingerprint density at radius 2 is 1.67 bits per heavy atom. The van der Waals surface area contributed by atoms with Gasteiger partial charge in [0.15, 0.2) is 6.10 Å². The van der Waals surface area contributed by atoms with E-state index in [2.05, 4.69) is 5.32 Å². The first-order valence-corrected chi connectivity index (χ1v) is 9.88. The molecule has 2 amide bonds. The third-order valence-electron chi connectivity index (χ3n) is 4.79. The van der Waals surface area contributed by atoms with Crippen molar-refractivity contribution in [1.82, 2.24) is 5.32 Å². The zero-order chi connectivity index (χ0) is 21.5. The van der Waals surface area contributed by atoms with Gasteiger partial charge in [-0.2, -0.15) is 0 Å². The summed E-state index contributed by atoms with van der Waals surface area (Å²) in [7, 11) is 1.65. The van der Waals surface area contributed by atoms with Gasteiger partial charge in [0.25, 0.3) is 11.8 Å². The van der Waals surface area contributed by atoms with Crippen LogP contribution in [0.15, 0.2) is 78.9 Å². The molecule has 3 rings (SSSR count). The minimum Gasteiger partial charge on any atom is -0.481 e. The Morgan fingerprint density at radius 3 is 2.40 bits per heavy atom. The number of aryl methyl sites for hydroxylation is 1. The van der Waals surface area contributed by atoms with E-state index in [1.807, 2.05) is 61.5 Å². The number of carbonyl (C=O) groups excluding carboxylic acids is 2. The SMILES string of the molecule is Cc1cccc(OC(C)C(=O)N(C)c2ccccc2C(=O)NCc2ccccc2)c1. The lowest BCUT2D eigenvalue weighted by Crippen LogP contribution is -2.39. The van der Waals surface area contributed by atoms with Gasteiger partial charge < -0.3 is 15.0 Å². The molecular formula is C25H26N2O3. The van der Waals surface area contributed by atoms with Crippen molar-refractivity contribution < 1.29 is 14.3 Å². The van der Waals surface area contributed by atoms with Gasteiger partial charge in [-0.25, -0.2) is 0 Å². The van der Waals surface area contributed by atoms with E-state index in [-0.39, 0.29) is 11.8 Å². The molecule has 3 aromatic carbocycles. The van der Waals surface area contributed by atoms with E-state index >= 15 is 0 Å². The summed E-state index contributed by atoms with van der Waals surface area (Å²) in [5, 5.41) is 2.92. The van der Waals surface area contributed by atoms with Crippen LogP contribution in [0, 0.1) is 6.92 Å². The fourth-order valence-corrected chi connectivity index (χ4v) is 3.17. The first-order chi connectivity index (χ1) is 14.5. The monoisotopic (exact) mass is 402 g/mol. The highest BCUT2D eigenvalue weighted by molar-refractivity contribution is 6.05. The summed E-state index contributed by atoms with van der Waals surface area (Å²) in [6.45, 7) is 4.09. The van der Waals surface area contributed by atoms with Gasteiger partial charge in [-0.3, -0.25) is 9.59 Å². The van der Waals surface area contributed by atoms with Crippen LogP contribution in [0.5, 0.6) is 5.75 Å². The van der Waals surface area contributed by atoms with Crippen LogP contribution in [0.25, 0.3) is 0 Å². The third kappa shape index (κ3) is 5.26. The van der Waals surface area contributed by atoms with Crippen LogP contribution >= 0.6 is 0 Å². The van der Waals surface area contributed by atoms with Crippen LogP contribution in [0.3, 0.4) is 0 Å². The maximum atomic E-state index is 13.0. The second-order valence-electron chi connectivity index (χ2n) is 7.16. The van der Waals surface area contributed by atoms with Crippen molar-refractivity contribution in [2.45, 2.75) is 26.5 Å². The number of ether oxygens (including phenoxy) is 1. The fourth-order valence-electron chi connectivity index (χ4n) is 3.17. The second-order valence-corrected chi connectivity index (χ2v) is 7.16. The first-order valence-electron chi connectivity index (χ1n) is 9.88. The van der Waals surface area contributed by atoms with Crippen LogP contribution in [0.4, 0.5) is 5.69 Å². The van der Waals surface area contributed by atoms with E-state index in [0.717, 1.165) is 11.1 Å². The molecule has 30 heavy (non-hydrogen) atoms. The molecule has 0 heterocycles. The number of nitrogens with zero attached hydrogens (tertiary/aromatic N) is 1. The normalized spacial score (nSPS) is 11.4. The minimum atomic E-state index is -0.697. The number of benzene rings is 3. The molecule has 0 saturated carbocycles. The standard InChI is InChI=1S/C25H26N2O3/c1-18-10-9-13-21(16-18)30-19(2)25(29)27(3)23-15-8-7-14-22(23)24(28)26-17-20-11-5-4-6-12-20/h4-16,19H,17H2,1-3H3,(H,26,28). The van der Waals surface area contributed by atoms with E-state index in [0.29, 0.717) is 23.5 Å². The molecule has 0 aromatic heterocycles. The molecule has 0 aliphatic carbocycles. The Balaban J connectivity index is 1.71. The quantitative estimate of drug-likeness (QED) is 0.639. The van der Waals surface area contributed by atoms with Crippen LogP contribution < -0.4 is 15.0 Å². The van der Waals surface area contributed by atoms with Crippen molar-refractivity contribution in [2.24, 2.45) is 0 Å². The number of likely N-dealkylation sites (N-methyl/N-ethyl adjacent to an activating group) is 1. The zero-order valence-corrected chi connectivity index (χ0v) is 17.5. The number of rotatable bonds is 7. The third-order valence-corrected chi connectivity index (χ3v) is 4.79. The van der Waals surface area contributed by atoms with E-state index < -0.39 is 6.10 Å². The van der Waals surface area contributed by atoms with Crippen LogP contribution in [-0.4, -0.2) is 25.0 Å². The Kier molecular flexibility index (Phi) is 6.86. The Morgan fingerprint density at radius 1 is 0.967 bits per heavy atom. The number of carbonyl (C=O) groups is 2. The number of hydrogen-bond acceptors (Lipinski definition) is 3. The average molecular weight is 402 g/mol. The summed E-state index contributed by atoms with van der Waals surface area (Å²) in [5.74, 6) is 0.166. The molecule has 0 fully saturated rings. The topological polar surface area (TPSA) is 58.6 Å². The van der Waals surface area contributed by atoms with Gasteiger partial charge in [0.2, 0.25) is 0 Å². The molecule has 154 valence electrons. The van der Waals surface area contributed by atoms with E-state index in [9.17, 15) is 9.59 Å². The highest BCUT2D eigenvalue weighted by Gasteiger charge is 2.24. The second kappa shape index (κ2) is 9.74. The number of para-hydroxylation sites is 1. The molecule has 5 nitrogen and oxygen atoms in total. The molecule has 1 N–H and O–H groups in total. The fraction of sp³-hybridized carbons (Fsp3) is 0.200. The lowest BCUT2D eigenvalue weighted by molar-refractivity contribution is -0.124. The van der Waals surface area contributed by atoms with Gasteiger partial charge in [0.05, 0.1) is 11.3 Å². The number of hydrogen-bond donors (Lipinski definition) is 1. The summed E-state index contributed by atoms with van der Waals surface area (Å²) in [4.78, 5) is 27.2. The largest absolute Gasteiger partial charge is 0.481 e. The maximum absolute atomic E-state index is 13.0. The van der Waals surface area contributed by atoms with Crippen LogP contribution in [-0.2, 0) is 11.3 Å². The Hall–Kier alpha value is -3.60. The van der Waals surface area contributed by atoms with Crippen molar-refractivity contribution in [3.63, 3.8) is 0 Å². The highest BCUT2D eigenvalue weighted by Crippen LogP contribution is 2.22. The Bertz CT molecular complexity index is 1020. The summed E-state index contributed by atoms with van der Waals surface area (Å²) in [6.07, 6.45) is -0.697. The van der Waals surface area contributed by atoms with Gasteiger partial charge in [-0.1, -0.05) is 54.6 Å². The highest BCUT2D eigenvalue weighted by atomic mass is 16.5. The molecule has 0 aliphatic heterocycles. The predicted molar refractivity (Wildman–Crippen MR) is 119 cm³/mol. The molecule has 3 aromatic rings. The summed E-state index contributed by atoms with van der Waals surface area (Å²) in [6, 6.07) is 24.3. The molecular weight excluding hydrogens is 376 g/mol. The van der Waals surface area contributed by atoms with Gasteiger partial charge in [0.1, 0.15) is 5.75 Å². The van der Waals surface area contributed by atoms with Gasteiger partial charge in [0, 0.05) is 13.6 Å². The Labute approximate surface area is 177 Å². The number of nitrogens with one attached hydrogen (secondary N) is 1. The van der Waals surface area contributed by atoms with E-state index in [4.69, 9.17) is 4.74 Å². The molecule has 0 spiro atoms. The van der Waals surface area contributed by atoms with Crippen molar-refractivity contribution in [3.05, 3.63) is 95.6 Å². The molecule has 5 heteroatoms. The number of amides is 2. The smallest absolute Gasteiger partial charge is 0.267 e. The number of anilines is 1. The summed E-state index contributed by atoms with van der Waals surface area (Å²) in [5.41, 5.74) is 3.04. The molecule has 0 saturated heterocycles. The van der Waals surface area contributed by atoms with Gasteiger partial charge in [-0.05, 0) is 49.2 Å². The van der Waals surface area contributed by atoms with Crippen LogP contribution in [0.1, 0.15) is 28.4 Å². The minimum absolute atomic E-state index is 0.235. The van der Waals surface area contributed by atoms with E-state index in [1.165, 1.54) is 4.90 Å². The predicted octanol–water partition coefficient (Wildman–Crippen LogP) is 4.36.